The number of nitrogens with one attached hydrogen (secondary N) is 1. The molecule has 2 aliphatic rings. The molecule has 3 aromatic carbocycles. The molecule has 0 aromatic heterocycles. The van der Waals surface area contributed by atoms with Crippen molar-refractivity contribution in [3.05, 3.63) is 102 Å². The number of hydrogen-bond donors (Lipinski definition) is 2. The number of hydrogen-bond acceptors (Lipinski definition) is 5. The molecule has 0 saturated carbocycles. The highest BCUT2D eigenvalue weighted by Crippen LogP contribution is 2.29. The van der Waals surface area contributed by atoms with Crippen LogP contribution in [0.4, 0.5) is 4.79 Å². The first kappa shape index (κ1) is 29.7. The number of aromatic hydroxyl groups is 1. The van der Waals surface area contributed by atoms with Gasteiger partial charge in [-0.3, -0.25) is 9.59 Å². The molecule has 2 aliphatic heterocycles. The molecule has 2 saturated heterocycles. The highest BCUT2D eigenvalue weighted by atomic mass is 16.3. The maximum atomic E-state index is 14.0. The van der Waals surface area contributed by atoms with E-state index in [0.29, 0.717) is 13.1 Å². The van der Waals surface area contributed by atoms with E-state index in [4.69, 9.17) is 6.42 Å². The highest BCUT2D eigenvalue weighted by Gasteiger charge is 2.51. The zero-order valence-corrected chi connectivity index (χ0v) is 24.1. The van der Waals surface area contributed by atoms with E-state index in [9.17, 15) is 19.5 Å². The van der Waals surface area contributed by atoms with Gasteiger partial charge in [-0.05, 0) is 48.1 Å². The van der Waals surface area contributed by atoms with Gasteiger partial charge in [0.25, 0.3) is 0 Å². The highest BCUT2D eigenvalue weighted by molar-refractivity contribution is 5.91. The summed E-state index contributed by atoms with van der Waals surface area (Å²) in [6.07, 6.45) is 7.77. The van der Waals surface area contributed by atoms with E-state index < -0.39 is 12.2 Å². The number of urea groups is 1. The van der Waals surface area contributed by atoms with Crippen LogP contribution >= 0.6 is 0 Å². The van der Waals surface area contributed by atoms with Crippen LogP contribution in [-0.4, -0.2) is 81.2 Å². The minimum atomic E-state index is -0.803. The molecule has 2 atom stereocenters. The van der Waals surface area contributed by atoms with Crippen molar-refractivity contribution in [2.45, 2.75) is 44.4 Å². The van der Waals surface area contributed by atoms with Gasteiger partial charge in [-0.1, -0.05) is 78.7 Å². The average Bonchev–Trinajstić information content (AvgIpc) is 3.02. The van der Waals surface area contributed by atoms with Crippen LogP contribution in [0.15, 0.2) is 84.9 Å². The van der Waals surface area contributed by atoms with Gasteiger partial charge in [0.1, 0.15) is 18.0 Å². The molecule has 9 heteroatoms. The van der Waals surface area contributed by atoms with E-state index in [-0.39, 0.29) is 49.7 Å². The number of fused-ring (bicyclic) bond motifs is 1. The zero-order chi connectivity index (χ0) is 30.2. The number of nitrogens with zero attached hydrogens (tertiary/aromatic N) is 4. The standard InChI is InChI=1S/C34H37N5O4/c1-2-20-37-25-32(41)38-30(22-27-16-18-29(40)19-17-27)33(42)36(21-10-9-13-26-11-5-3-6-12-26)24-31(38)39(37)34(43)35-23-28-14-7-4-8-15-28/h1,3-8,11-12,14-19,30-31,40H,9-10,13,20-25H2,(H,35,43)/t30-,31-/m0/s1. The number of rotatable bonds is 10. The van der Waals surface area contributed by atoms with Crippen molar-refractivity contribution in [2.75, 3.05) is 26.2 Å². The first-order chi connectivity index (χ1) is 20.9. The molecule has 222 valence electrons. The van der Waals surface area contributed by atoms with E-state index in [0.717, 1.165) is 30.4 Å². The van der Waals surface area contributed by atoms with Crippen LogP contribution in [0.5, 0.6) is 5.75 Å². The lowest BCUT2D eigenvalue weighted by Gasteiger charge is -2.55. The Morgan fingerprint density at radius 3 is 2.26 bits per heavy atom. The molecule has 0 spiro atoms. The molecule has 9 nitrogen and oxygen atoms in total. The van der Waals surface area contributed by atoms with E-state index in [2.05, 4.69) is 23.4 Å². The molecule has 2 heterocycles. The lowest BCUT2D eigenvalue weighted by Crippen LogP contribution is -2.76. The summed E-state index contributed by atoms with van der Waals surface area (Å²) in [7, 11) is 0. The van der Waals surface area contributed by atoms with Gasteiger partial charge in [-0.15, -0.1) is 6.42 Å². The van der Waals surface area contributed by atoms with E-state index >= 15 is 0 Å². The number of terminal acetylenes is 1. The summed E-state index contributed by atoms with van der Waals surface area (Å²) >= 11 is 0. The van der Waals surface area contributed by atoms with Crippen LogP contribution in [-0.2, 0) is 29.0 Å². The summed E-state index contributed by atoms with van der Waals surface area (Å²) in [6.45, 7) is 0.949. The second-order valence-corrected chi connectivity index (χ2v) is 10.9. The second kappa shape index (κ2) is 13.9. The predicted octanol–water partition coefficient (Wildman–Crippen LogP) is 3.40. The number of phenolic OH excluding ortho intramolecular Hbond substituents is 1. The monoisotopic (exact) mass is 579 g/mol. The average molecular weight is 580 g/mol. The normalized spacial score (nSPS) is 18.7. The third-order valence-corrected chi connectivity index (χ3v) is 7.95. The molecule has 2 fully saturated rings. The first-order valence-electron chi connectivity index (χ1n) is 14.7. The summed E-state index contributed by atoms with van der Waals surface area (Å²) < 4.78 is 0. The third-order valence-electron chi connectivity index (χ3n) is 7.95. The second-order valence-electron chi connectivity index (χ2n) is 10.9. The van der Waals surface area contributed by atoms with Crippen LogP contribution in [0.2, 0.25) is 0 Å². The summed E-state index contributed by atoms with van der Waals surface area (Å²) in [5, 5.41) is 15.9. The van der Waals surface area contributed by atoms with Crippen LogP contribution in [0.25, 0.3) is 0 Å². The molecule has 5 rings (SSSR count). The Hall–Kier alpha value is -4.81. The number of carbonyl (C=O) groups excluding carboxylic acids is 3. The molecule has 43 heavy (non-hydrogen) atoms. The lowest BCUT2D eigenvalue weighted by atomic mass is 9.98. The largest absolute Gasteiger partial charge is 0.508 e. The van der Waals surface area contributed by atoms with Gasteiger partial charge < -0.3 is 20.2 Å². The van der Waals surface area contributed by atoms with Crippen molar-refractivity contribution in [2.24, 2.45) is 0 Å². The number of aryl methyl sites for hydroxylation is 1. The topological polar surface area (TPSA) is 96.4 Å². The Bertz CT molecular complexity index is 1440. The molecular weight excluding hydrogens is 542 g/mol. The lowest BCUT2D eigenvalue weighted by molar-refractivity contribution is -0.188. The van der Waals surface area contributed by atoms with Crippen molar-refractivity contribution in [3.63, 3.8) is 0 Å². The Kier molecular flexibility index (Phi) is 9.59. The van der Waals surface area contributed by atoms with Gasteiger partial charge in [-0.25, -0.2) is 9.80 Å². The molecule has 0 unspecified atom stereocenters. The fourth-order valence-electron chi connectivity index (χ4n) is 5.82. The third kappa shape index (κ3) is 7.16. The fourth-order valence-corrected chi connectivity index (χ4v) is 5.82. The van der Waals surface area contributed by atoms with E-state index in [1.807, 2.05) is 48.5 Å². The number of carbonyl (C=O) groups is 3. The van der Waals surface area contributed by atoms with Gasteiger partial charge >= 0.3 is 6.03 Å². The first-order valence-corrected chi connectivity index (χ1v) is 14.7. The Labute approximate surface area is 252 Å². The van der Waals surface area contributed by atoms with Gasteiger partial charge in [0, 0.05) is 19.5 Å². The van der Waals surface area contributed by atoms with Crippen LogP contribution < -0.4 is 5.32 Å². The Morgan fingerprint density at radius 2 is 1.58 bits per heavy atom. The summed E-state index contributed by atoms with van der Waals surface area (Å²) in [6, 6.07) is 25.2. The number of unbranched alkanes of at least 4 members (excludes halogenated alkanes) is 1. The van der Waals surface area contributed by atoms with Crippen molar-refractivity contribution >= 4 is 17.8 Å². The number of amides is 4. The Balaban J connectivity index is 1.40. The minimum absolute atomic E-state index is 0.0719. The zero-order valence-electron chi connectivity index (χ0n) is 24.1. The van der Waals surface area contributed by atoms with Gasteiger partial charge in [0.2, 0.25) is 11.8 Å². The number of hydrazine groups is 1. The summed E-state index contributed by atoms with van der Waals surface area (Å²) in [5.74, 6) is 2.30. The molecule has 0 aliphatic carbocycles. The smallest absolute Gasteiger partial charge is 0.334 e. The van der Waals surface area contributed by atoms with Crippen LogP contribution in [0, 0.1) is 12.3 Å². The summed E-state index contributed by atoms with van der Waals surface area (Å²) in [5.41, 5.74) is 2.99. The van der Waals surface area contributed by atoms with Gasteiger partial charge in [-0.2, -0.15) is 5.01 Å². The van der Waals surface area contributed by atoms with Crippen molar-refractivity contribution < 1.29 is 19.5 Å². The van der Waals surface area contributed by atoms with E-state index in [1.165, 1.54) is 10.6 Å². The number of benzene rings is 3. The summed E-state index contributed by atoms with van der Waals surface area (Å²) in [4.78, 5) is 44.7. The van der Waals surface area contributed by atoms with Gasteiger partial charge in [0.05, 0.1) is 19.6 Å². The quantitative estimate of drug-likeness (QED) is 0.284. The van der Waals surface area contributed by atoms with Crippen molar-refractivity contribution in [1.82, 2.24) is 25.1 Å². The maximum absolute atomic E-state index is 14.0. The SMILES string of the molecule is C#CCN1CC(=O)N2[C@@H](Cc3ccc(O)cc3)C(=O)N(CCCCc3ccccc3)C[C@@H]2N1C(=O)NCc1ccccc1. The van der Waals surface area contributed by atoms with Crippen LogP contribution in [0.3, 0.4) is 0 Å². The molecule has 3 aromatic rings. The predicted molar refractivity (Wildman–Crippen MR) is 163 cm³/mol. The minimum Gasteiger partial charge on any atom is -0.508 e. The Morgan fingerprint density at radius 1 is 0.907 bits per heavy atom. The van der Waals surface area contributed by atoms with Crippen LogP contribution in [0.1, 0.15) is 29.5 Å². The molecule has 2 N–H and O–H groups in total. The molecule has 0 radical (unpaired) electrons. The number of piperazine rings is 1. The molecule has 0 bridgehead atoms. The van der Waals surface area contributed by atoms with Crippen molar-refractivity contribution in [1.29, 1.82) is 0 Å². The fraction of sp³-hybridized carbons (Fsp3) is 0.324. The van der Waals surface area contributed by atoms with Gasteiger partial charge in [0.15, 0.2) is 0 Å². The van der Waals surface area contributed by atoms with Crippen molar-refractivity contribution in [3.8, 4) is 18.1 Å². The molecular formula is C34H37N5O4. The van der Waals surface area contributed by atoms with E-state index in [1.54, 1.807) is 39.1 Å². The number of phenols is 1. The molecule has 4 amide bonds. The maximum Gasteiger partial charge on any atom is 0.334 e.